The predicted octanol–water partition coefficient (Wildman–Crippen LogP) is 0.414. The summed E-state index contributed by atoms with van der Waals surface area (Å²) in [6.45, 7) is 0. The molecule has 0 aromatic carbocycles. The largest absolute Gasteiger partial charge is 0.550 e. The summed E-state index contributed by atoms with van der Waals surface area (Å²) < 4.78 is 0. The average Bonchev–Trinajstić information content (AvgIpc) is 2.81. The van der Waals surface area contributed by atoms with E-state index in [-0.39, 0.29) is 5.91 Å². The van der Waals surface area contributed by atoms with E-state index in [4.69, 9.17) is 0 Å². The third kappa shape index (κ3) is 2.71. The summed E-state index contributed by atoms with van der Waals surface area (Å²) in [7, 11) is 0. The van der Waals surface area contributed by atoms with E-state index in [1.807, 2.05) is 6.08 Å². The molecule has 0 saturated carbocycles. The molecule has 0 radical (unpaired) electrons. The molecule has 0 bridgehead atoms. The molecule has 6 heteroatoms. The number of carbonyl (C=O) groups excluding carboxylic acids is 2. The number of hydrogen-bond donors (Lipinski definition) is 1. The Morgan fingerprint density at radius 2 is 2.06 bits per heavy atom. The normalized spacial score (nSPS) is 23.3. The number of allylic oxidation sites excluding steroid dienone is 2. The quantitative estimate of drug-likeness (QED) is 0.789. The Labute approximate surface area is 102 Å². The molecule has 2 rings (SSSR count). The van der Waals surface area contributed by atoms with E-state index in [1.165, 1.54) is 11.3 Å². The molecule has 1 aliphatic rings. The van der Waals surface area contributed by atoms with Gasteiger partial charge in [-0.25, -0.2) is 4.98 Å². The van der Waals surface area contributed by atoms with Crippen LogP contribution in [0, 0.1) is 11.8 Å². The van der Waals surface area contributed by atoms with Crippen molar-refractivity contribution in [2.24, 2.45) is 11.8 Å². The van der Waals surface area contributed by atoms with Crippen molar-refractivity contribution in [2.45, 2.75) is 12.8 Å². The van der Waals surface area contributed by atoms with E-state index >= 15 is 0 Å². The highest BCUT2D eigenvalue weighted by Gasteiger charge is 2.30. The lowest BCUT2D eigenvalue weighted by Crippen LogP contribution is -2.41. The van der Waals surface area contributed by atoms with Gasteiger partial charge < -0.3 is 15.2 Å². The van der Waals surface area contributed by atoms with Crippen LogP contribution in [0.2, 0.25) is 0 Å². The SMILES string of the molecule is O=C([O-])C1CC=CCC1C(=O)Nc1nccs1. The molecule has 1 N–H and O–H groups in total. The van der Waals surface area contributed by atoms with Gasteiger partial charge in [0.2, 0.25) is 5.91 Å². The highest BCUT2D eigenvalue weighted by Crippen LogP contribution is 2.26. The molecule has 0 saturated heterocycles. The predicted molar refractivity (Wildman–Crippen MR) is 61.1 cm³/mol. The fourth-order valence-electron chi connectivity index (χ4n) is 1.85. The van der Waals surface area contributed by atoms with Gasteiger partial charge in [0.1, 0.15) is 0 Å². The first-order valence-electron chi connectivity index (χ1n) is 5.24. The summed E-state index contributed by atoms with van der Waals surface area (Å²) in [5.74, 6) is -2.80. The zero-order chi connectivity index (χ0) is 12.3. The van der Waals surface area contributed by atoms with Crippen LogP contribution in [0.5, 0.6) is 0 Å². The van der Waals surface area contributed by atoms with Crippen molar-refractivity contribution in [3.63, 3.8) is 0 Å². The summed E-state index contributed by atoms with van der Waals surface area (Å²) in [4.78, 5) is 26.8. The number of anilines is 1. The number of rotatable bonds is 3. The Hall–Kier alpha value is -1.69. The second-order valence-electron chi connectivity index (χ2n) is 3.80. The molecule has 0 fully saturated rings. The van der Waals surface area contributed by atoms with Gasteiger partial charge in [0.15, 0.2) is 5.13 Å². The molecule has 5 nitrogen and oxygen atoms in total. The van der Waals surface area contributed by atoms with Gasteiger partial charge >= 0.3 is 0 Å². The number of carbonyl (C=O) groups is 2. The van der Waals surface area contributed by atoms with Crippen molar-refractivity contribution >= 4 is 28.3 Å². The zero-order valence-corrected chi connectivity index (χ0v) is 9.78. The number of hydrogen-bond acceptors (Lipinski definition) is 5. The Kier molecular flexibility index (Phi) is 3.53. The van der Waals surface area contributed by atoms with Crippen LogP contribution >= 0.6 is 11.3 Å². The average molecular weight is 251 g/mol. The number of aromatic nitrogens is 1. The first-order chi connectivity index (χ1) is 8.18. The molecule has 2 atom stereocenters. The van der Waals surface area contributed by atoms with Crippen LogP contribution in [0.1, 0.15) is 12.8 Å². The number of carboxylic acid groups (broad SMARTS) is 1. The highest BCUT2D eigenvalue weighted by molar-refractivity contribution is 7.13. The third-order valence-corrected chi connectivity index (χ3v) is 3.42. The number of thiazole rings is 1. The maximum Gasteiger partial charge on any atom is 0.230 e. The summed E-state index contributed by atoms with van der Waals surface area (Å²) in [5.41, 5.74) is 0. The Morgan fingerprint density at radius 1 is 1.35 bits per heavy atom. The molecule has 2 unspecified atom stereocenters. The maximum atomic E-state index is 11.9. The monoisotopic (exact) mass is 251 g/mol. The van der Waals surface area contributed by atoms with Crippen molar-refractivity contribution in [1.82, 2.24) is 4.98 Å². The molecule has 17 heavy (non-hydrogen) atoms. The number of amides is 1. The minimum atomic E-state index is -1.17. The van der Waals surface area contributed by atoms with Crippen LogP contribution in [0.4, 0.5) is 5.13 Å². The number of carboxylic acids is 1. The first-order valence-corrected chi connectivity index (χ1v) is 6.12. The van der Waals surface area contributed by atoms with E-state index in [9.17, 15) is 14.7 Å². The fraction of sp³-hybridized carbons (Fsp3) is 0.364. The van der Waals surface area contributed by atoms with Crippen LogP contribution in [0.25, 0.3) is 0 Å². The van der Waals surface area contributed by atoms with Crippen molar-refractivity contribution in [3.05, 3.63) is 23.7 Å². The van der Waals surface area contributed by atoms with E-state index in [1.54, 1.807) is 17.7 Å². The first kappa shape index (κ1) is 11.8. The Bertz CT molecular complexity index is 442. The van der Waals surface area contributed by atoms with Crippen molar-refractivity contribution in [2.75, 3.05) is 5.32 Å². The van der Waals surface area contributed by atoms with Gasteiger partial charge in [-0.15, -0.1) is 11.3 Å². The summed E-state index contributed by atoms with van der Waals surface area (Å²) in [6.07, 6.45) is 5.95. The van der Waals surface area contributed by atoms with Crippen molar-refractivity contribution in [1.29, 1.82) is 0 Å². The zero-order valence-electron chi connectivity index (χ0n) is 8.96. The van der Waals surface area contributed by atoms with Crippen LogP contribution in [0.3, 0.4) is 0 Å². The van der Waals surface area contributed by atoms with Gasteiger partial charge in [0.25, 0.3) is 0 Å². The third-order valence-electron chi connectivity index (χ3n) is 2.73. The number of aliphatic carboxylic acids is 1. The maximum absolute atomic E-state index is 11.9. The van der Waals surface area contributed by atoms with Gasteiger partial charge in [-0.05, 0) is 12.8 Å². The lowest BCUT2D eigenvalue weighted by atomic mass is 9.82. The molecule has 1 amide bonds. The van der Waals surface area contributed by atoms with Crippen LogP contribution in [0.15, 0.2) is 23.7 Å². The lowest BCUT2D eigenvalue weighted by Gasteiger charge is -2.27. The highest BCUT2D eigenvalue weighted by atomic mass is 32.1. The van der Waals surface area contributed by atoms with Crippen molar-refractivity contribution in [3.8, 4) is 0 Å². The minimum absolute atomic E-state index is 0.307. The molecule has 0 aliphatic heterocycles. The van der Waals surface area contributed by atoms with Crippen LogP contribution in [-0.2, 0) is 9.59 Å². The smallest absolute Gasteiger partial charge is 0.230 e. The topological polar surface area (TPSA) is 82.1 Å². The lowest BCUT2D eigenvalue weighted by molar-refractivity contribution is -0.313. The summed E-state index contributed by atoms with van der Waals surface area (Å²) in [5, 5.41) is 15.8. The fourth-order valence-corrected chi connectivity index (χ4v) is 2.38. The molecule has 0 spiro atoms. The molecule has 90 valence electrons. The second-order valence-corrected chi connectivity index (χ2v) is 4.70. The van der Waals surface area contributed by atoms with Crippen LogP contribution < -0.4 is 10.4 Å². The van der Waals surface area contributed by atoms with Crippen LogP contribution in [-0.4, -0.2) is 16.9 Å². The second kappa shape index (κ2) is 5.09. The Balaban J connectivity index is 2.07. The molecule has 1 aromatic rings. The standard InChI is InChI=1S/C11H12N2O3S/c14-9(13-11-12-5-6-17-11)7-3-1-2-4-8(7)10(15)16/h1-2,5-8H,3-4H2,(H,15,16)(H,12,13,14)/p-1. The molecule has 1 heterocycles. The van der Waals surface area contributed by atoms with Gasteiger partial charge in [-0.2, -0.15) is 0 Å². The van der Waals surface area contributed by atoms with E-state index < -0.39 is 17.8 Å². The molecular formula is C11H11N2O3S-. The van der Waals surface area contributed by atoms with Crippen molar-refractivity contribution < 1.29 is 14.7 Å². The van der Waals surface area contributed by atoms with E-state index in [2.05, 4.69) is 10.3 Å². The minimum Gasteiger partial charge on any atom is -0.550 e. The molecule has 1 aromatic heterocycles. The summed E-state index contributed by atoms with van der Waals surface area (Å²) >= 11 is 1.30. The molecular weight excluding hydrogens is 240 g/mol. The number of nitrogens with one attached hydrogen (secondary N) is 1. The van der Waals surface area contributed by atoms with E-state index in [0.29, 0.717) is 18.0 Å². The molecule has 1 aliphatic carbocycles. The summed E-state index contributed by atoms with van der Waals surface area (Å²) in [6, 6.07) is 0. The number of nitrogens with zero attached hydrogens (tertiary/aromatic N) is 1. The van der Waals surface area contributed by atoms with Gasteiger partial charge in [-0.1, -0.05) is 12.2 Å². The van der Waals surface area contributed by atoms with Gasteiger partial charge in [-0.3, -0.25) is 4.79 Å². The van der Waals surface area contributed by atoms with E-state index in [0.717, 1.165) is 0 Å². The Morgan fingerprint density at radius 3 is 2.65 bits per heavy atom. The van der Waals surface area contributed by atoms with Gasteiger partial charge in [0, 0.05) is 23.5 Å². The van der Waals surface area contributed by atoms with Gasteiger partial charge in [0.05, 0.1) is 5.92 Å².